The van der Waals surface area contributed by atoms with Crippen molar-refractivity contribution >= 4 is 5.57 Å². The minimum Gasteiger partial charge on any atom is -0.481 e. The average molecular weight is 277 g/mol. The summed E-state index contributed by atoms with van der Waals surface area (Å²) in [5.41, 5.74) is 3.75. The van der Waals surface area contributed by atoms with Crippen LogP contribution in [0.2, 0.25) is 0 Å². The minimum absolute atomic E-state index is 0.0601. The number of nitrogens with zero attached hydrogens (tertiary/aromatic N) is 1. The normalized spacial score (nSPS) is 21.0. The van der Waals surface area contributed by atoms with Gasteiger partial charge in [0.25, 0.3) is 0 Å². The zero-order valence-electron chi connectivity index (χ0n) is 12.4. The molecular weight excluding hydrogens is 258 g/mol. The molecule has 2 heteroatoms. The Morgan fingerprint density at radius 2 is 1.90 bits per heavy atom. The lowest BCUT2D eigenvalue weighted by molar-refractivity contribution is 0.397. The summed E-state index contributed by atoms with van der Waals surface area (Å²) < 4.78 is 5.16. The fourth-order valence-corrected chi connectivity index (χ4v) is 2.90. The fraction of sp³-hybridized carbons (Fsp3) is 0.211. The van der Waals surface area contributed by atoms with E-state index in [1.165, 1.54) is 16.7 Å². The molecule has 21 heavy (non-hydrogen) atoms. The second-order valence-corrected chi connectivity index (χ2v) is 5.50. The molecule has 2 aromatic rings. The Balaban J connectivity index is 2.05. The summed E-state index contributed by atoms with van der Waals surface area (Å²) in [6.07, 6.45) is 9.47. The molecule has 0 N–H and O–H groups in total. The smallest absolute Gasteiger partial charge is 0.212 e. The molecule has 0 amide bonds. The standard InChI is InChI=1S/C19H19NO/c1-19(16-11-12-18(21-2)20-14-16)13-7-6-10-17(19)15-8-4-3-5-9-15/h3-12,14H,13H2,1-2H3. The molecule has 0 aliphatic heterocycles. The van der Waals surface area contributed by atoms with Crippen LogP contribution >= 0.6 is 0 Å². The number of ether oxygens (including phenoxy) is 1. The average Bonchev–Trinajstić information content (AvgIpc) is 2.56. The van der Waals surface area contributed by atoms with E-state index in [2.05, 4.69) is 66.5 Å². The fourth-order valence-electron chi connectivity index (χ4n) is 2.90. The first kappa shape index (κ1) is 13.6. The molecule has 1 aliphatic carbocycles. The van der Waals surface area contributed by atoms with E-state index in [0.29, 0.717) is 5.88 Å². The number of pyridine rings is 1. The number of methoxy groups -OCH3 is 1. The van der Waals surface area contributed by atoms with Crippen LogP contribution in [0, 0.1) is 0 Å². The van der Waals surface area contributed by atoms with Crippen molar-refractivity contribution in [2.24, 2.45) is 0 Å². The zero-order valence-corrected chi connectivity index (χ0v) is 12.4. The van der Waals surface area contributed by atoms with E-state index in [-0.39, 0.29) is 5.41 Å². The van der Waals surface area contributed by atoms with E-state index < -0.39 is 0 Å². The molecule has 1 aliphatic rings. The lowest BCUT2D eigenvalue weighted by Crippen LogP contribution is -2.25. The molecule has 0 saturated carbocycles. The molecule has 0 bridgehead atoms. The van der Waals surface area contributed by atoms with Gasteiger partial charge in [0.1, 0.15) is 0 Å². The topological polar surface area (TPSA) is 22.1 Å². The van der Waals surface area contributed by atoms with Crippen LogP contribution in [-0.2, 0) is 5.41 Å². The van der Waals surface area contributed by atoms with Crippen molar-refractivity contribution < 1.29 is 4.74 Å². The van der Waals surface area contributed by atoms with Gasteiger partial charge in [0.15, 0.2) is 0 Å². The highest BCUT2D eigenvalue weighted by molar-refractivity contribution is 5.77. The van der Waals surface area contributed by atoms with Crippen LogP contribution in [0.4, 0.5) is 0 Å². The minimum atomic E-state index is -0.0601. The summed E-state index contributed by atoms with van der Waals surface area (Å²) in [6, 6.07) is 14.6. The first-order valence-corrected chi connectivity index (χ1v) is 7.17. The molecule has 1 heterocycles. The summed E-state index contributed by atoms with van der Waals surface area (Å²) in [4.78, 5) is 4.37. The maximum Gasteiger partial charge on any atom is 0.212 e. The second-order valence-electron chi connectivity index (χ2n) is 5.50. The SMILES string of the molecule is COc1ccc(C2(C)CC=CC=C2c2ccccc2)cn1. The van der Waals surface area contributed by atoms with E-state index >= 15 is 0 Å². The maximum absolute atomic E-state index is 5.16. The Bertz CT molecular complexity index is 670. The molecule has 1 atom stereocenters. The second kappa shape index (κ2) is 5.57. The van der Waals surface area contributed by atoms with Crippen LogP contribution in [0.15, 0.2) is 66.9 Å². The third-order valence-corrected chi connectivity index (χ3v) is 4.19. The number of rotatable bonds is 3. The molecule has 0 saturated heterocycles. The van der Waals surface area contributed by atoms with E-state index in [4.69, 9.17) is 4.74 Å². The largest absolute Gasteiger partial charge is 0.481 e. The van der Waals surface area contributed by atoms with Gasteiger partial charge in [-0.15, -0.1) is 0 Å². The summed E-state index contributed by atoms with van der Waals surface area (Å²) in [7, 11) is 1.64. The molecule has 3 rings (SSSR count). The van der Waals surface area contributed by atoms with Crippen LogP contribution in [0.1, 0.15) is 24.5 Å². The monoisotopic (exact) mass is 277 g/mol. The van der Waals surface area contributed by atoms with E-state index in [0.717, 1.165) is 6.42 Å². The van der Waals surface area contributed by atoms with Crippen molar-refractivity contribution in [1.29, 1.82) is 0 Å². The van der Waals surface area contributed by atoms with E-state index in [9.17, 15) is 0 Å². The van der Waals surface area contributed by atoms with E-state index in [1.807, 2.05) is 12.3 Å². The number of aromatic nitrogens is 1. The lowest BCUT2D eigenvalue weighted by atomic mass is 9.69. The van der Waals surface area contributed by atoms with Gasteiger partial charge in [0, 0.05) is 17.7 Å². The Labute approximate surface area is 125 Å². The highest BCUT2D eigenvalue weighted by atomic mass is 16.5. The summed E-state index contributed by atoms with van der Waals surface area (Å²) in [5, 5.41) is 0. The maximum atomic E-state index is 5.16. The zero-order chi connectivity index (χ0) is 14.7. The lowest BCUT2D eigenvalue weighted by Gasteiger charge is -2.34. The van der Waals surface area contributed by atoms with Crippen LogP contribution in [0.5, 0.6) is 5.88 Å². The van der Waals surface area contributed by atoms with Crippen molar-refractivity contribution in [3.8, 4) is 5.88 Å². The van der Waals surface area contributed by atoms with Gasteiger partial charge in [0.2, 0.25) is 5.88 Å². The molecule has 0 radical (unpaired) electrons. The summed E-state index contributed by atoms with van der Waals surface area (Å²) in [6.45, 7) is 2.28. The van der Waals surface area contributed by atoms with Crippen LogP contribution < -0.4 is 4.74 Å². The van der Waals surface area contributed by atoms with Crippen molar-refractivity contribution in [3.05, 3.63) is 78.0 Å². The molecule has 2 nitrogen and oxygen atoms in total. The van der Waals surface area contributed by atoms with Crippen LogP contribution in [0.25, 0.3) is 5.57 Å². The number of allylic oxidation sites excluding steroid dienone is 4. The predicted octanol–water partition coefficient (Wildman–Crippen LogP) is 4.39. The molecule has 1 aromatic carbocycles. The third-order valence-electron chi connectivity index (χ3n) is 4.19. The van der Waals surface area contributed by atoms with Gasteiger partial charge >= 0.3 is 0 Å². The number of benzene rings is 1. The first-order valence-electron chi connectivity index (χ1n) is 7.17. The first-order chi connectivity index (χ1) is 10.2. The quantitative estimate of drug-likeness (QED) is 0.830. The van der Waals surface area contributed by atoms with Gasteiger partial charge in [-0.05, 0) is 23.1 Å². The van der Waals surface area contributed by atoms with Crippen molar-refractivity contribution in [3.63, 3.8) is 0 Å². The van der Waals surface area contributed by atoms with Gasteiger partial charge in [-0.2, -0.15) is 0 Å². The highest BCUT2D eigenvalue weighted by Gasteiger charge is 2.32. The Kier molecular flexibility index (Phi) is 3.61. The molecule has 0 fully saturated rings. The molecular formula is C19H19NO. The molecule has 0 spiro atoms. The van der Waals surface area contributed by atoms with E-state index in [1.54, 1.807) is 7.11 Å². The van der Waals surface area contributed by atoms with Crippen molar-refractivity contribution in [1.82, 2.24) is 4.98 Å². The third kappa shape index (κ3) is 2.49. The predicted molar refractivity (Wildman–Crippen MR) is 86.3 cm³/mol. The Morgan fingerprint density at radius 3 is 2.57 bits per heavy atom. The Morgan fingerprint density at radius 1 is 1.10 bits per heavy atom. The van der Waals surface area contributed by atoms with Gasteiger partial charge in [-0.1, -0.05) is 61.5 Å². The van der Waals surface area contributed by atoms with Gasteiger partial charge in [-0.25, -0.2) is 4.98 Å². The van der Waals surface area contributed by atoms with Gasteiger partial charge < -0.3 is 4.74 Å². The summed E-state index contributed by atoms with van der Waals surface area (Å²) in [5.74, 6) is 0.652. The van der Waals surface area contributed by atoms with Crippen molar-refractivity contribution in [2.75, 3.05) is 7.11 Å². The molecule has 1 unspecified atom stereocenters. The van der Waals surface area contributed by atoms with Crippen molar-refractivity contribution in [2.45, 2.75) is 18.8 Å². The number of hydrogen-bond acceptors (Lipinski definition) is 2. The van der Waals surface area contributed by atoms with Crippen LogP contribution in [-0.4, -0.2) is 12.1 Å². The highest BCUT2D eigenvalue weighted by Crippen LogP contribution is 2.43. The van der Waals surface area contributed by atoms with Crippen LogP contribution in [0.3, 0.4) is 0 Å². The Hall–Kier alpha value is -2.35. The molecule has 1 aromatic heterocycles. The summed E-state index contributed by atoms with van der Waals surface area (Å²) >= 11 is 0. The van der Waals surface area contributed by atoms with Gasteiger partial charge in [-0.3, -0.25) is 0 Å². The number of hydrogen-bond donors (Lipinski definition) is 0. The van der Waals surface area contributed by atoms with Gasteiger partial charge in [0.05, 0.1) is 7.11 Å². The molecule has 106 valence electrons.